The number of rotatable bonds is 4. The maximum absolute atomic E-state index is 5.73. The zero-order valence-electron chi connectivity index (χ0n) is 13.3. The van der Waals surface area contributed by atoms with E-state index < -0.39 is 0 Å². The van der Waals surface area contributed by atoms with E-state index in [-0.39, 0.29) is 0 Å². The van der Waals surface area contributed by atoms with Crippen LogP contribution in [0, 0.1) is 28.6 Å². The maximum Gasteiger partial charge on any atom is 0.0510 e. The van der Waals surface area contributed by atoms with E-state index in [2.05, 4.69) is 19.2 Å². The molecular weight excluding hydrogens is 246 g/mol. The van der Waals surface area contributed by atoms with Crippen LogP contribution in [0.1, 0.15) is 58.8 Å². The van der Waals surface area contributed by atoms with Crippen LogP contribution in [-0.2, 0) is 4.74 Å². The minimum Gasteiger partial charge on any atom is -0.381 e. The zero-order chi connectivity index (χ0) is 13.8. The van der Waals surface area contributed by atoms with E-state index in [0.29, 0.717) is 10.8 Å². The number of ether oxygens (including phenoxy) is 1. The smallest absolute Gasteiger partial charge is 0.0510 e. The van der Waals surface area contributed by atoms with Crippen LogP contribution in [0.15, 0.2) is 0 Å². The second-order valence-corrected chi connectivity index (χ2v) is 8.79. The Bertz CT molecular complexity index is 360. The summed E-state index contributed by atoms with van der Waals surface area (Å²) < 4.78 is 5.73. The van der Waals surface area contributed by atoms with Crippen molar-refractivity contribution in [2.24, 2.45) is 28.6 Å². The molecule has 1 aliphatic heterocycles. The molecule has 1 saturated heterocycles. The van der Waals surface area contributed by atoms with Crippen LogP contribution in [0.2, 0.25) is 0 Å². The van der Waals surface area contributed by atoms with Crippen LogP contribution in [0.25, 0.3) is 0 Å². The molecule has 0 amide bonds. The van der Waals surface area contributed by atoms with Gasteiger partial charge < -0.3 is 10.1 Å². The highest BCUT2D eigenvalue weighted by Crippen LogP contribution is 2.66. The second-order valence-electron chi connectivity index (χ2n) is 8.79. The Kier molecular flexibility index (Phi) is 3.20. The highest BCUT2D eigenvalue weighted by Gasteiger charge is 2.59. The summed E-state index contributed by atoms with van der Waals surface area (Å²) in [6.45, 7) is 7.99. The molecule has 4 unspecified atom stereocenters. The summed E-state index contributed by atoms with van der Waals surface area (Å²) in [5, 5.41) is 3.92. The van der Waals surface area contributed by atoms with Gasteiger partial charge in [-0.2, -0.15) is 0 Å². The van der Waals surface area contributed by atoms with Gasteiger partial charge in [0.05, 0.1) is 6.61 Å². The largest absolute Gasteiger partial charge is 0.381 e. The van der Waals surface area contributed by atoms with Crippen molar-refractivity contribution in [2.45, 2.75) is 64.8 Å². The Morgan fingerprint density at radius 2 is 1.95 bits per heavy atom. The summed E-state index contributed by atoms with van der Waals surface area (Å²) in [7, 11) is 0. The Balaban J connectivity index is 1.64. The van der Waals surface area contributed by atoms with Crippen molar-refractivity contribution in [3.05, 3.63) is 0 Å². The van der Waals surface area contributed by atoms with Crippen LogP contribution in [0.3, 0.4) is 0 Å². The van der Waals surface area contributed by atoms with Gasteiger partial charge in [-0.3, -0.25) is 0 Å². The molecule has 0 aromatic carbocycles. The van der Waals surface area contributed by atoms with Gasteiger partial charge in [-0.05, 0) is 74.2 Å². The van der Waals surface area contributed by atoms with Crippen LogP contribution >= 0.6 is 0 Å². The third-order valence-corrected chi connectivity index (χ3v) is 6.92. The first-order valence-electron chi connectivity index (χ1n) is 8.94. The fourth-order valence-electron chi connectivity index (χ4n) is 7.08. The molecule has 2 heteroatoms. The van der Waals surface area contributed by atoms with Gasteiger partial charge >= 0.3 is 0 Å². The summed E-state index contributed by atoms with van der Waals surface area (Å²) in [4.78, 5) is 0. The lowest BCUT2D eigenvalue weighted by Gasteiger charge is -2.64. The topological polar surface area (TPSA) is 21.3 Å². The molecule has 20 heavy (non-hydrogen) atoms. The van der Waals surface area contributed by atoms with Gasteiger partial charge in [0.1, 0.15) is 0 Å². The Morgan fingerprint density at radius 3 is 2.50 bits per heavy atom. The minimum atomic E-state index is 0.604. The summed E-state index contributed by atoms with van der Waals surface area (Å²) in [5.74, 6) is 2.84. The molecule has 4 bridgehead atoms. The molecule has 1 heterocycles. The highest BCUT2D eigenvalue weighted by molar-refractivity contribution is 5.11. The average Bonchev–Trinajstić information content (AvgIpc) is 2.86. The maximum atomic E-state index is 5.73. The summed E-state index contributed by atoms with van der Waals surface area (Å²) in [6.07, 6.45) is 10.4. The van der Waals surface area contributed by atoms with E-state index in [0.717, 1.165) is 43.6 Å². The Labute approximate surface area is 124 Å². The Hall–Kier alpha value is -0.0800. The minimum absolute atomic E-state index is 0.604. The van der Waals surface area contributed by atoms with Gasteiger partial charge in [0.15, 0.2) is 0 Å². The lowest BCUT2D eigenvalue weighted by Crippen LogP contribution is -2.60. The predicted octanol–water partition coefficient (Wildman–Crippen LogP) is 3.61. The standard InChI is InChI=1S/C18H31NO/c1-3-19-16(15-4-5-20-11-15)18-9-13-6-14(10-18)8-17(2,7-13)12-18/h13-16,19H,3-12H2,1-2H3. The van der Waals surface area contributed by atoms with E-state index in [1.165, 1.54) is 44.9 Å². The predicted molar refractivity (Wildman–Crippen MR) is 81.6 cm³/mol. The normalized spacial score (nSPS) is 51.6. The number of hydrogen-bond acceptors (Lipinski definition) is 2. The van der Waals surface area contributed by atoms with Crippen molar-refractivity contribution < 1.29 is 4.74 Å². The monoisotopic (exact) mass is 277 g/mol. The fourth-order valence-corrected chi connectivity index (χ4v) is 7.08. The van der Waals surface area contributed by atoms with E-state index >= 15 is 0 Å². The van der Waals surface area contributed by atoms with Crippen molar-refractivity contribution in [1.82, 2.24) is 5.32 Å². The van der Waals surface area contributed by atoms with Gasteiger partial charge in [0.2, 0.25) is 0 Å². The van der Waals surface area contributed by atoms with Crippen LogP contribution < -0.4 is 5.32 Å². The van der Waals surface area contributed by atoms with Gasteiger partial charge in [-0.1, -0.05) is 13.8 Å². The SMILES string of the molecule is CCNC(C1CCOC1)C12CC3CC(CC(C)(C3)C1)C2. The summed E-state index contributed by atoms with van der Waals surface area (Å²) in [5.41, 5.74) is 1.27. The average molecular weight is 277 g/mol. The molecule has 5 rings (SSSR count). The Morgan fingerprint density at radius 1 is 1.20 bits per heavy atom. The lowest BCUT2D eigenvalue weighted by molar-refractivity contribution is -0.126. The molecule has 5 fully saturated rings. The molecule has 114 valence electrons. The first-order chi connectivity index (χ1) is 9.62. The fraction of sp³-hybridized carbons (Fsp3) is 1.00. The van der Waals surface area contributed by atoms with Crippen molar-refractivity contribution in [2.75, 3.05) is 19.8 Å². The van der Waals surface area contributed by atoms with Gasteiger partial charge in [0, 0.05) is 18.6 Å². The second kappa shape index (κ2) is 4.71. The van der Waals surface area contributed by atoms with Gasteiger partial charge in [-0.15, -0.1) is 0 Å². The number of nitrogens with one attached hydrogen (secondary N) is 1. The molecule has 0 aromatic heterocycles. The van der Waals surface area contributed by atoms with Crippen molar-refractivity contribution in [1.29, 1.82) is 0 Å². The van der Waals surface area contributed by atoms with Crippen LogP contribution in [0.4, 0.5) is 0 Å². The molecule has 5 aliphatic rings. The molecule has 0 radical (unpaired) electrons. The third kappa shape index (κ3) is 2.06. The molecule has 0 aromatic rings. The molecule has 4 aliphatic carbocycles. The first kappa shape index (κ1) is 13.6. The molecule has 4 saturated carbocycles. The van der Waals surface area contributed by atoms with Crippen LogP contribution in [0.5, 0.6) is 0 Å². The molecule has 4 atom stereocenters. The molecule has 1 N–H and O–H groups in total. The van der Waals surface area contributed by atoms with Crippen molar-refractivity contribution in [3.8, 4) is 0 Å². The van der Waals surface area contributed by atoms with E-state index in [1.807, 2.05) is 0 Å². The van der Waals surface area contributed by atoms with Gasteiger partial charge in [-0.25, -0.2) is 0 Å². The summed E-state index contributed by atoms with van der Waals surface area (Å²) in [6, 6.07) is 0.722. The van der Waals surface area contributed by atoms with Crippen LogP contribution in [-0.4, -0.2) is 25.8 Å². The molecule has 0 spiro atoms. The van der Waals surface area contributed by atoms with E-state index in [4.69, 9.17) is 4.74 Å². The molecular formula is C18H31NO. The van der Waals surface area contributed by atoms with E-state index in [9.17, 15) is 0 Å². The summed E-state index contributed by atoms with van der Waals surface area (Å²) >= 11 is 0. The lowest BCUT2D eigenvalue weighted by atomic mass is 9.42. The van der Waals surface area contributed by atoms with Crippen molar-refractivity contribution >= 4 is 0 Å². The van der Waals surface area contributed by atoms with Gasteiger partial charge in [0.25, 0.3) is 0 Å². The van der Waals surface area contributed by atoms with E-state index in [1.54, 1.807) is 0 Å². The van der Waals surface area contributed by atoms with Crippen molar-refractivity contribution in [3.63, 3.8) is 0 Å². The molecule has 2 nitrogen and oxygen atoms in total. The zero-order valence-corrected chi connectivity index (χ0v) is 13.3. The first-order valence-corrected chi connectivity index (χ1v) is 8.94. The quantitative estimate of drug-likeness (QED) is 0.847. The third-order valence-electron chi connectivity index (χ3n) is 6.92. The highest BCUT2D eigenvalue weighted by atomic mass is 16.5. The number of hydrogen-bond donors (Lipinski definition) is 1.